The molecule has 1 aliphatic heterocycles. The van der Waals surface area contributed by atoms with Crippen LogP contribution in [0.4, 0.5) is 11.4 Å². The van der Waals surface area contributed by atoms with E-state index in [1.807, 2.05) is 32.2 Å². The predicted molar refractivity (Wildman–Crippen MR) is 98.7 cm³/mol. The van der Waals surface area contributed by atoms with Crippen LogP contribution in [-0.2, 0) is 4.79 Å². The summed E-state index contributed by atoms with van der Waals surface area (Å²) >= 11 is 0. The third-order valence-corrected chi connectivity index (χ3v) is 3.82. The first-order chi connectivity index (χ1) is 9.72. The Kier molecular flexibility index (Phi) is 10.2. The molecule has 0 aliphatic carbocycles. The highest BCUT2D eigenvalue weighted by molar-refractivity contribution is 5.95. The van der Waals surface area contributed by atoms with Crippen molar-refractivity contribution in [3.05, 3.63) is 24.3 Å². The van der Waals surface area contributed by atoms with Crippen LogP contribution < -0.4 is 15.5 Å². The second-order valence-corrected chi connectivity index (χ2v) is 5.51. The van der Waals surface area contributed by atoms with Crippen LogP contribution in [0.2, 0.25) is 0 Å². The van der Waals surface area contributed by atoms with Gasteiger partial charge in [-0.1, -0.05) is 19.1 Å². The molecule has 0 bridgehead atoms. The van der Waals surface area contributed by atoms with Crippen LogP contribution in [0.15, 0.2) is 24.3 Å². The minimum Gasteiger partial charge on any atom is -0.370 e. The van der Waals surface area contributed by atoms with Crippen molar-refractivity contribution in [1.82, 2.24) is 5.32 Å². The zero-order valence-corrected chi connectivity index (χ0v) is 14.9. The molecule has 1 saturated heterocycles. The Labute approximate surface area is 145 Å². The number of carbonyl (C=O) groups excluding carboxylic acids is 1. The molecule has 2 rings (SSSR count). The van der Waals surface area contributed by atoms with Gasteiger partial charge in [0.1, 0.15) is 0 Å². The second-order valence-electron chi connectivity index (χ2n) is 5.51. The monoisotopic (exact) mass is 347 g/mol. The molecule has 1 amide bonds. The molecule has 1 aromatic rings. The van der Waals surface area contributed by atoms with E-state index in [-0.39, 0.29) is 36.6 Å². The van der Waals surface area contributed by atoms with Crippen molar-refractivity contribution >= 4 is 42.1 Å². The zero-order valence-electron chi connectivity index (χ0n) is 13.3. The van der Waals surface area contributed by atoms with Crippen molar-refractivity contribution in [3.8, 4) is 0 Å². The molecule has 1 unspecified atom stereocenters. The predicted octanol–water partition coefficient (Wildman–Crippen LogP) is 3.31. The van der Waals surface area contributed by atoms with Crippen molar-refractivity contribution < 1.29 is 4.79 Å². The van der Waals surface area contributed by atoms with Gasteiger partial charge >= 0.3 is 0 Å². The number of hydrogen-bond donors (Lipinski definition) is 2. The Morgan fingerprint density at radius 2 is 1.82 bits per heavy atom. The number of anilines is 2. The van der Waals surface area contributed by atoms with Gasteiger partial charge in [-0.2, -0.15) is 0 Å². The number of halogens is 2. The smallest absolute Gasteiger partial charge is 0.228 e. The van der Waals surface area contributed by atoms with E-state index in [1.165, 1.54) is 19.3 Å². The molecular formula is C16H27Cl2N3O. The third kappa shape index (κ3) is 5.67. The molecule has 0 radical (unpaired) electrons. The quantitative estimate of drug-likeness (QED) is 0.858. The van der Waals surface area contributed by atoms with E-state index < -0.39 is 0 Å². The van der Waals surface area contributed by atoms with Gasteiger partial charge in [0.2, 0.25) is 5.91 Å². The van der Waals surface area contributed by atoms with Crippen molar-refractivity contribution in [1.29, 1.82) is 0 Å². The average molecular weight is 348 g/mol. The van der Waals surface area contributed by atoms with E-state index in [9.17, 15) is 4.79 Å². The van der Waals surface area contributed by atoms with Crippen LogP contribution in [0.3, 0.4) is 0 Å². The molecule has 0 aromatic heterocycles. The van der Waals surface area contributed by atoms with Gasteiger partial charge < -0.3 is 15.5 Å². The molecule has 0 spiro atoms. The largest absolute Gasteiger partial charge is 0.370 e. The summed E-state index contributed by atoms with van der Waals surface area (Å²) in [5.74, 6) is 0.0400. The normalized spacial score (nSPS) is 15.3. The fourth-order valence-electron chi connectivity index (χ4n) is 2.64. The van der Waals surface area contributed by atoms with Crippen molar-refractivity contribution in [2.24, 2.45) is 5.92 Å². The van der Waals surface area contributed by atoms with Crippen LogP contribution >= 0.6 is 24.8 Å². The van der Waals surface area contributed by atoms with Gasteiger partial charge in [-0.3, -0.25) is 4.79 Å². The number of carbonyl (C=O) groups is 1. The molecule has 1 fully saturated rings. The lowest BCUT2D eigenvalue weighted by molar-refractivity contribution is -0.119. The first kappa shape index (κ1) is 21.0. The highest BCUT2D eigenvalue weighted by atomic mass is 35.5. The van der Waals surface area contributed by atoms with Crippen LogP contribution in [0, 0.1) is 5.92 Å². The molecule has 4 nitrogen and oxygen atoms in total. The van der Waals surface area contributed by atoms with Crippen molar-refractivity contribution in [3.63, 3.8) is 0 Å². The molecule has 1 aliphatic rings. The van der Waals surface area contributed by atoms with E-state index in [2.05, 4.69) is 21.6 Å². The lowest BCUT2D eigenvalue weighted by atomic mass is 10.1. The number of rotatable bonds is 5. The molecule has 22 heavy (non-hydrogen) atoms. The first-order valence-corrected chi connectivity index (χ1v) is 7.52. The van der Waals surface area contributed by atoms with Crippen molar-refractivity contribution in [2.45, 2.75) is 26.2 Å². The molecular weight excluding hydrogens is 321 g/mol. The lowest BCUT2D eigenvalue weighted by Crippen LogP contribution is -2.32. The second kappa shape index (κ2) is 10.7. The summed E-state index contributed by atoms with van der Waals surface area (Å²) in [5.41, 5.74) is 2.08. The minimum absolute atomic E-state index is 0. The van der Waals surface area contributed by atoms with E-state index in [0.29, 0.717) is 6.54 Å². The molecule has 2 N–H and O–H groups in total. The summed E-state index contributed by atoms with van der Waals surface area (Å²) in [6.07, 6.45) is 3.78. The number of piperidine rings is 1. The number of nitrogens with zero attached hydrogens (tertiary/aromatic N) is 1. The van der Waals surface area contributed by atoms with Crippen LogP contribution in [0.25, 0.3) is 0 Å². The molecule has 0 saturated carbocycles. The minimum atomic E-state index is -0.0330. The van der Waals surface area contributed by atoms with E-state index >= 15 is 0 Å². The Bertz CT molecular complexity index is 451. The number of nitrogens with one attached hydrogen (secondary N) is 2. The standard InChI is InChI=1S/C16H25N3O.2ClH/c1-13(12-17-2)16(20)18-14-8-4-5-9-15(14)19-10-6-3-7-11-19;;/h4-5,8-9,13,17H,3,6-7,10-12H2,1-2H3,(H,18,20);2*1H. The number of para-hydroxylation sites is 2. The highest BCUT2D eigenvalue weighted by Gasteiger charge is 2.17. The van der Waals surface area contributed by atoms with Gasteiger partial charge in [-0.15, -0.1) is 24.8 Å². The van der Waals surface area contributed by atoms with Gasteiger partial charge in [-0.25, -0.2) is 0 Å². The Morgan fingerprint density at radius 1 is 1.18 bits per heavy atom. The summed E-state index contributed by atoms with van der Waals surface area (Å²) in [4.78, 5) is 14.5. The third-order valence-electron chi connectivity index (χ3n) is 3.82. The summed E-state index contributed by atoms with van der Waals surface area (Å²) in [6, 6.07) is 8.11. The number of benzene rings is 1. The maximum atomic E-state index is 12.2. The SMILES string of the molecule is CNCC(C)C(=O)Nc1ccccc1N1CCCCC1.Cl.Cl. The summed E-state index contributed by atoms with van der Waals surface area (Å²) in [5, 5.41) is 6.11. The summed E-state index contributed by atoms with van der Waals surface area (Å²) in [7, 11) is 1.87. The van der Waals surface area contributed by atoms with Gasteiger partial charge in [0.25, 0.3) is 0 Å². The lowest BCUT2D eigenvalue weighted by Gasteiger charge is -2.30. The highest BCUT2D eigenvalue weighted by Crippen LogP contribution is 2.28. The van der Waals surface area contributed by atoms with Crippen LogP contribution in [0.5, 0.6) is 0 Å². The van der Waals surface area contributed by atoms with E-state index in [0.717, 1.165) is 24.5 Å². The van der Waals surface area contributed by atoms with Gasteiger partial charge in [0.05, 0.1) is 11.4 Å². The Balaban J connectivity index is 0.00000220. The zero-order chi connectivity index (χ0) is 14.4. The fraction of sp³-hybridized carbons (Fsp3) is 0.562. The molecule has 1 aromatic carbocycles. The van der Waals surface area contributed by atoms with Crippen LogP contribution in [0.1, 0.15) is 26.2 Å². The molecule has 1 atom stereocenters. The first-order valence-electron chi connectivity index (χ1n) is 7.52. The number of amides is 1. The topological polar surface area (TPSA) is 44.4 Å². The molecule has 6 heteroatoms. The summed E-state index contributed by atoms with van der Waals surface area (Å²) < 4.78 is 0. The van der Waals surface area contributed by atoms with Gasteiger partial charge in [0, 0.05) is 25.6 Å². The van der Waals surface area contributed by atoms with Crippen LogP contribution in [-0.4, -0.2) is 32.6 Å². The van der Waals surface area contributed by atoms with Crippen molar-refractivity contribution in [2.75, 3.05) is 36.9 Å². The maximum Gasteiger partial charge on any atom is 0.228 e. The Hall–Kier alpha value is -0.970. The maximum absolute atomic E-state index is 12.2. The summed E-state index contributed by atoms with van der Waals surface area (Å²) in [6.45, 7) is 4.80. The van der Waals surface area contributed by atoms with Gasteiger partial charge in [0.15, 0.2) is 0 Å². The molecule has 1 heterocycles. The molecule has 126 valence electrons. The average Bonchev–Trinajstić information content (AvgIpc) is 2.49. The van der Waals surface area contributed by atoms with E-state index in [1.54, 1.807) is 0 Å². The van der Waals surface area contributed by atoms with E-state index in [4.69, 9.17) is 0 Å². The van der Waals surface area contributed by atoms with Gasteiger partial charge in [-0.05, 0) is 38.4 Å². The number of hydrogen-bond acceptors (Lipinski definition) is 3. The Morgan fingerprint density at radius 3 is 2.45 bits per heavy atom. The fourth-order valence-corrected chi connectivity index (χ4v) is 2.64.